The van der Waals surface area contributed by atoms with Gasteiger partial charge in [0.2, 0.25) is 0 Å². The molecule has 1 aliphatic heterocycles. The summed E-state index contributed by atoms with van der Waals surface area (Å²) in [5.74, 6) is -0.402. The van der Waals surface area contributed by atoms with Crippen molar-refractivity contribution >= 4 is 56.0 Å². The molecule has 3 N–H and O–H groups in total. The zero-order chi connectivity index (χ0) is 21.3. The molecule has 3 atom stereocenters. The number of pyridine rings is 3. The molecular weight excluding hydrogens is 452 g/mol. The Balaban J connectivity index is 0.000000687. The molecule has 3 aromatic heterocycles. The molecule has 0 bridgehead atoms. The molecule has 0 aromatic carbocycles. The van der Waals surface area contributed by atoms with Crippen molar-refractivity contribution < 1.29 is 19.1 Å². The molecule has 8 nitrogen and oxygen atoms in total. The van der Waals surface area contributed by atoms with Crippen LogP contribution in [0.1, 0.15) is 12.0 Å². The molecule has 5 rings (SSSR count). The number of carbonyl (C=O) groups excluding carboxylic acids is 1. The Morgan fingerprint density at radius 2 is 2.10 bits per heavy atom. The van der Waals surface area contributed by atoms with Crippen LogP contribution in [0.25, 0.3) is 22.0 Å². The van der Waals surface area contributed by atoms with Crippen LogP contribution in [-0.2, 0) is 16.0 Å². The van der Waals surface area contributed by atoms with E-state index in [0.29, 0.717) is 12.2 Å². The number of nitrogens with one attached hydrogen (secondary N) is 2. The van der Waals surface area contributed by atoms with Gasteiger partial charge in [-0.2, -0.15) is 0 Å². The maximum absolute atomic E-state index is 13.1. The van der Waals surface area contributed by atoms with Crippen molar-refractivity contribution in [2.24, 2.45) is 5.92 Å². The van der Waals surface area contributed by atoms with E-state index >= 15 is 0 Å². The van der Waals surface area contributed by atoms with Gasteiger partial charge >= 0.3 is 163 Å². The standard InChI is InChI=1S/C19H17AsFN5O.CH2O2/c20-18-12-7-24-17(26-19(27)11-5-14(11)21)4-9(12)3-15(25-18)13-6-22-8-16-10(13)1-2-23-16;2-1-3/h3-4,6-8,11,14,23H,1-2,5,20H2,(H,24,26,27);1H,(H,2,3). The molecule has 1 saturated carbocycles. The largest absolute Gasteiger partial charge is 0.483 e. The molecule has 10 heteroatoms. The van der Waals surface area contributed by atoms with Crippen molar-refractivity contribution in [3.05, 3.63) is 36.3 Å². The fourth-order valence-electron chi connectivity index (χ4n) is 3.49. The average molecular weight is 471 g/mol. The molecule has 2 aliphatic rings. The Hall–Kier alpha value is -3.06. The molecule has 1 aliphatic carbocycles. The number of anilines is 2. The fraction of sp³-hybridized carbons (Fsp3) is 0.250. The van der Waals surface area contributed by atoms with Crippen molar-refractivity contribution in [2.45, 2.75) is 19.0 Å². The minimum Gasteiger partial charge on any atom is -0.483 e. The number of nitrogens with zero attached hydrogens (tertiary/aromatic N) is 3. The van der Waals surface area contributed by atoms with Gasteiger partial charge in [0.25, 0.3) is 6.47 Å². The van der Waals surface area contributed by atoms with Crippen LogP contribution in [0, 0.1) is 5.92 Å². The van der Waals surface area contributed by atoms with E-state index < -0.39 is 12.1 Å². The van der Waals surface area contributed by atoms with Gasteiger partial charge in [-0.25, -0.2) is 0 Å². The van der Waals surface area contributed by atoms with Crippen LogP contribution in [0.2, 0.25) is 0 Å². The molecule has 1 amide bonds. The molecule has 4 heterocycles. The minimum absolute atomic E-state index is 0.250. The normalized spacial score (nSPS) is 18.6. The van der Waals surface area contributed by atoms with Crippen molar-refractivity contribution in [1.29, 1.82) is 0 Å². The van der Waals surface area contributed by atoms with Crippen molar-refractivity contribution in [3.63, 3.8) is 0 Å². The monoisotopic (exact) mass is 471 g/mol. The first-order valence-electron chi connectivity index (χ1n) is 9.32. The van der Waals surface area contributed by atoms with Crippen LogP contribution >= 0.6 is 0 Å². The van der Waals surface area contributed by atoms with Gasteiger partial charge in [-0.15, -0.1) is 0 Å². The second-order valence-electron chi connectivity index (χ2n) is 7.03. The number of halogens is 1. The molecular formula is C20H19AsFN5O3. The molecule has 0 saturated heterocycles. The van der Waals surface area contributed by atoms with Gasteiger partial charge in [0.1, 0.15) is 0 Å². The molecule has 3 unspecified atom stereocenters. The maximum atomic E-state index is 13.1. The summed E-state index contributed by atoms with van der Waals surface area (Å²) in [6.45, 7) is 0.654. The predicted octanol–water partition coefficient (Wildman–Crippen LogP) is 0.915. The summed E-state index contributed by atoms with van der Waals surface area (Å²) < 4.78 is 14.0. The molecule has 0 radical (unpaired) electrons. The SMILES string of the molecule is O=C(Nc1cc2cc(-c3cncc4c3CCN4)nc([AsH2])c2cn1)C1CC1F.O=CO. The smallest absolute Gasteiger partial charge is 0.290 e. The predicted molar refractivity (Wildman–Crippen MR) is 113 cm³/mol. The van der Waals surface area contributed by atoms with Gasteiger partial charge in [-0.05, 0) is 0 Å². The van der Waals surface area contributed by atoms with Gasteiger partial charge in [0.05, 0.1) is 0 Å². The summed E-state index contributed by atoms with van der Waals surface area (Å²) in [4.78, 5) is 33.7. The third-order valence-corrected chi connectivity index (χ3v) is 5.99. The summed E-state index contributed by atoms with van der Waals surface area (Å²) >= 11 is 1.42. The number of aromatic nitrogens is 3. The number of rotatable bonds is 3. The second kappa shape index (κ2) is 8.36. The van der Waals surface area contributed by atoms with E-state index in [4.69, 9.17) is 14.9 Å². The molecule has 3 aromatic rings. The van der Waals surface area contributed by atoms with Gasteiger partial charge in [-0.3, -0.25) is 4.79 Å². The number of fused-ring (bicyclic) bond motifs is 2. The number of carboxylic acid groups (broad SMARTS) is 1. The zero-order valence-electron chi connectivity index (χ0n) is 15.8. The topological polar surface area (TPSA) is 117 Å². The Morgan fingerprint density at radius 1 is 1.33 bits per heavy atom. The minimum atomic E-state index is -1.02. The summed E-state index contributed by atoms with van der Waals surface area (Å²) in [6.07, 6.45) is 5.64. The Bertz CT molecular complexity index is 1140. The van der Waals surface area contributed by atoms with E-state index in [9.17, 15) is 9.18 Å². The molecule has 154 valence electrons. The number of carbonyl (C=O) groups is 2. The molecule has 1 fully saturated rings. The number of amides is 1. The quantitative estimate of drug-likeness (QED) is 0.384. The van der Waals surface area contributed by atoms with Gasteiger partial charge in [0, 0.05) is 0 Å². The van der Waals surface area contributed by atoms with E-state index in [-0.39, 0.29) is 12.4 Å². The average Bonchev–Trinajstić information content (AvgIpc) is 3.26. The third-order valence-electron chi connectivity index (χ3n) is 5.07. The second-order valence-corrected chi connectivity index (χ2v) is 8.17. The Kier molecular flexibility index (Phi) is 5.63. The maximum Gasteiger partial charge on any atom is 0.290 e. The van der Waals surface area contributed by atoms with Crippen molar-refractivity contribution in [3.8, 4) is 11.3 Å². The van der Waals surface area contributed by atoms with Gasteiger partial charge in [0.15, 0.2) is 0 Å². The zero-order valence-corrected chi connectivity index (χ0v) is 18.2. The summed E-state index contributed by atoms with van der Waals surface area (Å²) in [5, 5.41) is 14.8. The van der Waals surface area contributed by atoms with Crippen LogP contribution in [0.4, 0.5) is 15.9 Å². The van der Waals surface area contributed by atoms with E-state index in [2.05, 4.69) is 20.6 Å². The summed E-state index contributed by atoms with van der Waals surface area (Å²) in [6, 6.07) is 3.83. The van der Waals surface area contributed by atoms with Crippen molar-refractivity contribution in [2.75, 3.05) is 17.2 Å². The van der Waals surface area contributed by atoms with E-state index in [0.717, 1.165) is 45.2 Å². The first-order chi connectivity index (χ1) is 14.5. The Morgan fingerprint density at radius 3 is 2.83 bits per heavy atom. The fourth-order valence-corrected chi connectivity index (χ4v) is 4.28. The van der Waals surface area contributed by atoms with Crippen LogP contribution < -0.4 is 15.1 Å². The number of hydrogen-bond donors (Lipinski definition) is 3. The van der Waals surface area contributed by atoms with Gasteiger partial charge in [-0.1, -0.05) is 0 Å². The van der Waals surface area contributed by atoms with E-state index in [1.807, 2.05) is 24.5 Å². The van der Waals surface area contributed by atoms with Crippen LogP contribution in [0.15, 0.2) is 30.7 Å². The number of hydrogen-bond acceptors (Lipinski definition) is 6. The third kappa shape index (κ3) is 3.98. The number of alkyl halides is 1. The first kappa shape index (κ1) is 20.2. The summed E-state index contributed by atoms with van der Waals surface area (Å²) in [7, 11) is 0. The van der Waals surface area contributed by atoms with Crippen molar-refractivity contribution in [1.82, 2.24) is 15.0 Å². The van der Waals surface area contributed by atoms with E-state index in [1.54, 1.807) is 6.20 Å². The first-order valence-corrected chi connectivity index (χ1v) is 10.5. The molecule has 0 spiro atoms. The van der Waals surface area contributed by atoms with Gasteiger partial charge < -0.3 is 5.11 Å². The summed E-state index contributed by atoms with van der Waals surface area (Å²) in [5.41, 5.74) is 4.18. The molecule has 30 heavy (non-hydrogen) atoms. The van der Waals surface area contributed by atoms with Crippen LogP contribution in [-0.4, -0.2) is 62.0 Å². The van der Waals surface area contributed by atoms with Crippen LogP contribution in [0.5, 0.6) is 0 Å². The van der Waals surface area contributed by atoms with E-state index in [1.165, 1.54) is 22.4 Å². The Labute approximate surface area is 179 Å². The van der Waals surface area contributed by atoms with Crippen LogP contribution in [0.3, 0.4) is 0 Å².